The number of carboxylic acid groups (broad SMARTS) is 1. The van der Waals surface area contributed by atoms with E-state index >= 15 is 0 Å². The van der Waals surface area contributed by atoms with Crippen LogP contribution in [-0.4, -0.2) is 28.6 Å². The second-order valence-corrected chi connectivity index (χ2v) is 7.45. The number of hydrogen-bond acceptors (Lipinski definition) is 4. The summed E-state index contributed by atoms with van der Waals surface area (Å²) in [6, 6.07) is 10.7. The molecule has 0 aliphatic heterocycles. The molecule has 0 aliphatic rings. The number of anilines is 2. The molecule has 0 unspecified atom stereocenters. The van der Waals surface area contributed by atoms with E-state index in [1.807, 2.05) is 18.2 Å². The Labute approximate surface area is 159 Å². The van der Waals surface area contributed by atoms with E-state index < -0.39 is 6.09 Å². The Bertz CT molecular complexity index is 800. The van der Waals surface area contributed by atoms with Crippen LogP contribution in [-0.2, 0) is 6.54 Å². The van der Waals surface area contributed by atoms with Gasteiger partial charge in [-0.15, -0.1) is 0 Å². The average Bonchev–Trinajstić information content (AvgIpc) is 2.59. The fourth-order valence-corrected chi connectivity index (χ4v) is 2.44. The molecular formula is C20H26N4O3. The molecule has 1 heterocycles. The molecule has 0 atom stereocenters. The molecule has 0 aliphatic carbocycles. The van der Waals surface area contributed by atoms with Gasteiger partial charge in [-0.1, -0.05) is 32.9 Å². The van der Waals surface area contributed by atoms with Crippen LogP contribution in [0.25, 0.3) is 0 Å². The van der Waals surface area contributed by atoms with Crippen LogP contribution < -0.4 is 16.0 Å². The van der Waals surface area contributed by atoms with Crippen molar-refractivity contribution in [2.75, 3.05) is 17.2 Å². The maximum absolute atomic E-state index is 12.5. The van der Waals surface area contributed by atoms with E-state index in [0.717, 1.165) is 17.7 Å². The van der Waals surface area contributed by atoms with Gasteiger partial charge in [-0.3, -0.25) is 10.1 Å². The second kappa shape index (κ2) is 9.02. The third kappa shape index (κ3) is 6.97. The number of rotatable bonds is 7. The molecular weight excluding hydrogens is 344 g/mol. The SMILES string of the molecule is CC(C)(C)CCNC(=O)c1ccccc1NCc1ccnc(NC(=O)O)c1. The van der Waals surface area contributed by atoms with Gasteiger partial charge in [0.05, 0.1) is 5.56 Å². The maximum atomic E-state index is 12.5. The largest absolute Gasteiger partial charge is 0.465 e. The fraction of sp³-hybridized carbons (Fsp3) is 0.350. The first-order chi connectivity index (χ1) is 12.7. The lowest BCUT2D eigenvalue weighted by molar-refractivity contribution is 0.0950. The van der Waals surface area contributed by atoms with Crippen LogP contribution in [0.4, 0.5) is 16.3 Å². The minimum atomic E-state index is -1.16. The zero-order valence-corrected chi connectivity index (χ0v) is 15.9. The molecule has 0 bridgehead atoms. The minimum absolute atomic E-state index is 0.120. The van der Waals surface area contributed by atoms with Crippen LogP contribution in [0, 0.1) is 5.41 Å². The van der Waals surface area contributed by atoms with E-state index in [9.17, 15) is 9.59 Å². The topological polar surface area (TPSA) is 103 Å². The average molecular weight is 370 g/mol. The van der Waals surface area contributed by atoms with E-state index in [1.165, 1.54) is 6.20 Å². The Morgan fingerprint density at radius 3 is 2.59 bits per heavy atom. The summed E-state index contributed by atoms with van der Waals surface area (Å²) < 4.78 is 0. The molecule has 1 aromatic carbocycles. The molecule has 1 aromatic heterocycles. The van der Waals surface area contributed by atoms with Gasteiger partial charge < -0.3 is 15.7 Å². The predicted molar refractivity (Wildman–Crippen MR) is 106 cm³/mol. The van der Waals surface area contributed by atoms with Crippen molar-refractivity contribution in [1.82, 2.24) is 10.3 Å². The quantitative estimate of drug-likeness (QED) is 0.591. The Kier molecular flexibility index (Phi) is 6.76. The molecule has 7 nitrogen and oxygen atoms in total. The fourth-order valence-electron chi connectivity index (χ4n) is 2.44. The Morgan fingerprint density at radius 1 is 1.15 bits per heavy atom. The number of para-hydroxylation sites is 1. The normalized spacial score (nSPS) is 10.9. The molecule has 0 spiro atoms. The summed E-state index contributed by atoms with van der Waals surface area (Å²) in [6.07, 6.45) is 1.27. The molecule has 2 amide bonds. The molecule has 2 aromatic rings. The number of nitrogens with zero attached hydrogens (tertiary/aromatic N) is 1. The van der Waals surface area contributed by atoms with Gasteiger partial charge in [0.15, 0.2) is 0 Å². The van der Waals surface area contributed by atoms with E-state index in [1.54, 1.807) is 18.2 Å². The van der Waals surface area contributed by atoms with Crippen molar-refractivity contribution in [3.63, 3.8) is 0 Å². The molecule has 144 valence electrons. The Morgan fingerprint density at radius 2 is 1.89 bits per heavy atom. The van der Waals surface area contributed by atoms with Crippen molar-refractivity contribution >= 4 is 23.5 Å². The minimum Gasteiger partial charge on any atom is -0.465 e. The van der Waals surface area contributed by atoms with Crippen molar-refractivity contribution < 1.29 is 14.7 Å². The van der Waals surface area contributed by atoms with Crippen LogP contribution in [0.15, 0.2) is 42.6 Å². The Balaban J connectivity index is 2.01. The molecule has 7 heteroatoms. The lowest BCUT2D eigenvalue weighted by atomic mass is 9.92. The highest BCUT2D eigenvalue weighted by Gasteiger charge is 2.13. The molecule has 2 rings (SSSR count). The zero-order valence-electron chi connectivity index (χ0n) is 15.9. The molecule has 0 radical (unpaired) electrons. The number of carbonyl (C=O) groups excluding carboxylic acids is 1. The van der Waals surface area contributed by atoms with Crippen molar-refractivity contribution in [2.24, 2.45) is 5.41 Å². The van der Waals surface area contributed by atoms with Gasteiger partial charge >= 0.3 is 6.09 Å². The molecule has 27 heavy (non-hydrogen) atoms. The lowest BCUT2D eigenvalue weighted by Gasteiger charge is -2.18. The van der Waals surface area contributed by atoms with Crippen LogP contribution in [0.3, 0.4) is 0 Å². The zero-order chi connectivity index (χ0) is 19.9. The summed E-state index contributed by atoms with van der Waals surface area (Å²) in [5.41, 5.74) is 2.30. The number of benzene rings is 1. The van der Waals surface area contributed by atoms with Crippen LogP contribution in [0.2, 0.25) is 0 Å². The number of nitrogens with one attached hydrogen (secondary N) is 3. The van der Waals surface area contributed by atoms with Gasteiger partial charge in [-0.05, 0) is 41.7 Å². The van der Waals surface area contributed by atoms with Gasteiger partial charge in [0.25, 0.3) is 5.91 Å². The van der Waals surface area contributed by atoms with E-state index in [4.69, 9.17) is 5.11 Å². The van der Waals surface area contributed by atoms with E-state index in [0.29, 0.717) is 18.7 Å². The van der Waals surface area contributed by atoms with Gasteiger partial charge in [0.1, 0.15) is 5.82 Å². The summed E-state index contributed by atoms with van der Waals surface area (Å²) in [5, 5.41) is 17.2. The van der Waals surface area contributed by atoms with Crippen molar-refractivity contribution in [3.05, 3.63) is 53.7 Å². The molecule has 0 saturated heterocycles. The predicted octanol–water partition coefficient (Wildman–Crippen LogP) is 3.95. The van der Waals surface area contributed by atoms with Crippen LogP contribution in [0.1, 0.15) is 43.1 Å². The van der Waals surface area contributed by atoms with Crippen molar-refractivity contribution in [2.45, 2.75) is 33.7 Å². The van der Waals surface area contributed by atoms with Gasteiger partial charge in [0.2, 0.25) is 0 Å². The van der Waals surface area contributed by atoms with Gasteiger partial charge in [-0.25, -0.2) is 9.78 Å². The summed E-state index contributed by atoms with van der Waals surface area (Å²) >= 11 is 0. The second-order valence-electron chi connectivity index (χ2n) is 7.45. The Hall–Kier alpha value is -3.09. The standard InChI is InChI=1S/C20H26N4O3/c1-20(2,3)9-11-22-18(25)15-6-4-5-7-16(15)23-13-14-8-10-21-17(12-14)24-19(26)27/h4-8,10,12,23H,9,11,13H2,1-3H3,(H,21,24)(H,22,25)(H,26,27). The van der Waals surface area contributed by atoms with Crippen molar-refractivity contribution in [1.29, 1.82) is 0 Å². The first-order valence-electron chi connectivity index (χ1n) is 8.80. The van der Waals surface area contributed by atoms with Crippen LogP contribution >= 0.6 is 0 Å². The summed E-state index contributed by atoms with van der Waals surface area (Å²) in [4.78, 5) is 27.2. The maximum Gasteiger partial charge on any atom is 0.410 e. The first kappa shape index (κ1) is 20.2. The number of hydrogen-bond donors (Lipinski definition) is 4. The highest BCUT2D eigenvalue weighted by molar-refractivity contribution is 5.99. The number of amides is 2. The summed E-state index contributed by atoms with van der Waals surface area (Å²) in [6.45, 7) is 7.46. The first-order valence-corrected chi connectivity index (χ1v) is 8.80. The monoisotopic (exact) mass is 370 g/mol. The van der Waals surface area contributed by atoms with Crippen molar-refractivity contribution in [3.8, 4) is 0 Å². The third-order valence-corrected chi connectivity index (χ3v) is 3.87. The van der Waals surface area contributed by atoms with Gasteiger partial charge in [0, 0.05) is 25.0 Å². The number of carbonyl (C=O) groups is 2. The third-order valence-electron chi connectivity index (χ3n) is 3.87. The molecule has 0 saturated carbocycles. The molecule has 4 N–H and O–H groups in total. The van der Waals surface area contributed by atoms with Crippen LogP contribution in [0.5, 0.6) is 0 Å². The number of aromatic nitrogens is 1. The highest BCUT2D eigenvalue weighted by Crippen LogP contribution is 2.19. The summed E-state index contributed by atoms with van der Waals surface area (Å²) in [5.74, 6) is 0.139. The van der Waals surface area contributed by atoms with E-state index in [2.05, 4.69) is 41.7 Å². The number of pyridine rings is 1. The highest BCUT2D eigenvalue weighted by atomic mass is 16.4. The summed E-state index contributed by atoms with van der Waals surface area (Å²) in [7, 11) is 0. The van der Waals surface area contributed by atoms with E-state index in [-0.39, 0.29) is 17.1 Å². The van der Waals surface area contributed by atoms with Gasteiger partial charge in [-0.2, -0.15) is 0 Å². The lowest BCUT2D eigenvalue weighted by Crippen LogP contribution is -2.28. The molecule has 0 fully saturated rings. The smallest absolute Gasteiger partial charge is 0.410 e.